The number of nitrogens with zero attached hydrogens (tertiary/aromatic N) is 7. The summed E-state index contributed by atoms with van der Waals surface area (Å²) in [5, 5.41) is 27.1. The van der Waals surface area contributed by atoms with Crippen molar-refractivity contribution in [3.05, 3.63) is 70.9 Å². The number of hydrogen-bond acceptors (Lipinski definition) is 8. The summed E-state index contributed by atoms with van der Waals surface area (Å²) < 4.78 is 16.4. The van der Waals surface area contributed by atoms with Gasteiger partial charge in [-0.15, -0.1) is 5.10 Å². The zero-order chi connectivity index (χ0) is 24.5. The molecule has 3 heterocycles. The first-order valence-electron chi connectivity index (χ1n) is 10.5. The highest BCUT2D eigenvalue weighted by atomic mass is 19.1. The molecule has 0 aliphatic rings. The fourth-order valence-electron chi connectivity index (χ4n) is 3.43. The minimum Gasteiger partial charge on any atom is -0.395 e. The van der Waals surface area contributed by atoms with Crippen LogP contribution in [0.5, 0.6) is 0 Å². The maximum absolute atomic E-state index is 14.9. The number of anilines is 1. The van der Waals surface area contributed by atoms with Gasteiger partial charge in [0.05, 0.1) is 36.7 Å². The van der Waals surface area contributed by atoms with E-state index in [0.29, 0.717) is 28.9 Å². The van der Waals surface area contributed by atoms with Gasteiger partial charge in [0.15, 0.2) is 17.5 Å². The van der Waals surface area contributed by atoms with E-state index in [4.69, 9.17) is 5.73 Å². The predicted octanol–water partition coefficient (Wildman–Crippen LogP) is 3.02. The number of benzene rings is 1. The van der Waals surface area contributed by atoms with Crippen LogP contribution >= 0.6 is 0 Å². The van der Waals surface area contributed by atoms with Crippen molar-refractivity contribution in [2.24, 2.45) is 0 Å². The third-order valence-electron chi connectivity index (χ3n) is 5.57. The van der Waals surface area contributed by atoms with E-state index in [0.717, 1.165) is 5.69 Å². The van der Waals surface area contributed by atoms with Crippen LogP contribution in [0.4, 0.5) is 10.2 Å². The van der Waals surface area contributed by atoms with Crippen molar-refractivity contribution in [3.63, 3.8) is 0 Å². The molecule has 4 rings (SSSR count). The molecule has 3 aromatic heterocycles. The highest BCUT2D eigenvalue weighted by molar-refractivity contribution is 5.69. The highest BCUT2D eigenvalue weighted by Gasteiger charge is 2.22. The van der Waals surface area contributed by atoms with E-state index in [1.165, 1.54) is 4.68 Å². The van der Waals surface area contributed by atoms with Gasteiger partial charge < -0.3 is 10.8 Å². The zero-order valence-electron chi connectivity index (χ0n) is 19.0. The van der Waals surface area contributed by atoms with Gasteiger partial charge in [-0.05, 0) is 30.7 Å². The molecule has 4 aromatic rings. The number of pyridine rings is 1. The van der Waals surface area contributed by atoms with Crippen LogP contribution in [0.1, 0.15) is 36.4 Å². The van der Waals surface area contributed by atoms with Crippen molar-refractivity contribution in [2.45, 2.75) is 32.7 Å². The number of aliphatic hydroxyl groups is 1. The molecule has 172 valence electrons. The average molecular weight is 459 g/mol. The first kappa shape index (κ1) is 22.9. The van der Waals surface area contributed by atoms with E-state index in [9.17, 15) is 14.8 Å². The molecule has 34 heavy (non-hydrogen) atoms. The van der Waals surface area contributed by atoms with E-state index in [2.05, 4.69) is 31.3 Å². The smallest absolute Gasteiger partial charge is 0.193 e. The molecule has 9 nitrogen and oxygen atoms in total. The fourth-order valence-corrected chi connectivity index (χ4v) is 3.43. The second kappa shape index (κ2) is 8.96. The number of hydrogen-bond donors (Lipinski definition) is 2. The lowest BCUT2D eigenvalue weighted by atomic mass is 9.90. The quantitative estimate of drug-likeness (QED) is 0.449. The molecule has 1 aromatic carbocycles. The first-order valence-corrected chi connectivity index (χ1v) is 10.5. The average Bonchev–Trinajstić information content (AvgIpc) is 3.29. The topological polar surface area (TPSA) is 139 Å². The van der Waals surface area contributed by atoms with Crippen LogP contribution < -0.4 is 5.73 Å². The minimum atomic E-state index is -0.797. The van der Waals surface area contributed by atoms with Gasteiger partial charge in [-0.25, -0.2) is 19.0 Å². The fraction of sp³-hybridized carbons (Fsp3) is 0.250. The number of halogens is 1. The van der Waals surface area contributed by atoms with Gasteiger partial charge in [0.1, 0.15) is 11.4 Å². The molecular formula is C24H23FN8O. The molecule has 0 radical (unpaired) electrons. The van der Waals surface area contributed by atoms with Crippen LogP contribution in [0.3, 0.4) is 0 Å². The third kappa shape index (κ3) is 4.33. The molecule has 0 saturated heterocycles. The van der Waals surface area contributed by atoms with Crippen molar-refractivity contribution >= 4 is 5.82 Å². The van der Waals surface area contributed by atoms with Crippen LogP contribution in [-0.2, 0) is 12.0 Å². The second-order valence-corrected chi connectivity index (χ2v) is 8.54. The van der Waals surface area contributed by atoms with Crippen LogP contribution in [0.25, 0.3) is 22.8 Å². The van der Waals surface area contributed by atoms with Crippen LogP contribution in [0.15, 0.2) is 42.6 Å². The van der Waals surface area contributed by atoms with E-state index in [1.54, 1.807) is 31.3 Å². The van der Waals surface area contributed by atoms with Gasteiger partial charge in [0.2, 0.25) is 0 Å². The summed E-state index contributed by atoms with van der Waals surface area (Å²) >= 11 is 0. The molecule has 0 aliphatic heterocycles. The summed E-state index contributed by atoms with van der Waals surface area (Å²) in [7, 11) is 0. The Morgan fingerprint density at radius 3 is 2.65 bits per heavy atom. The molecule has 0 fully saturated rings. The van der Waals surface area contributed by atoms with Gasteiger partial charge in [-0.3, -0.25) is 4.98 Å². The number of aromatic nitrogens is 6. The monoisotopic (exact) mass is 458 g/mol. The normalized spacial score (nSPS) is 11.4. The van der Waals surface area contributed by atoms with Gasteiger partial charge in [-0.1, -0.05) is 37.3 Å². The Morgan fingerprint density at radius 1 is 1.15 bits per heavy atom. The van der Waals surface area contributed by atoms with Crippen molar-refractivity contribution < 1.29 is 9.50 Å². The molecule has 3 N–H and O–H groups in total. The minimum absolute atomic E-state index is 0.0373. The van der Waals surface area contributed by atoms with Crippen LogP contribution in [0.2, 0.25) is 0 Å². The van der Waals surface area contributed by atoms with E-state index in [1.807, 2.05) is 32.0 Å². The molecular weight excluding hydrogens is 435 g/mol. The van der Waals surface area contributed by atoms with Gasteiger partial charge in [0.25, 0.3) is 0 Å². The molecule has 0 aliphatic carbocycles. The molecule has 0 unspecified atom stereocenters. The van der Waals surface area contributed by atoms with Crippen molar-refractivity contribution in [1.82, 2.24) is 29.9 Å². The van der Waals surface area contributed by atoms with Crippen LogP contribution in [0, 0.1) is 24.1 Å². The zero-order valence-corrected chi connectivity index (χ0v) is 19.0. The Morgan fingerprint density at radius 2 is 1.91 bits per heavy atom. The lowest BCUT2D eigenvalue weighted by Crippen LogP contribution is -2.24. The molecule has 0 saturated carbocycles. The number of nitrogen functional groups attached to an aromatic ring is 1. The number of aliphatic hydroxyl groups excluding tert-OH is 1. The summed E-state index contributed by atoms with van der Waals surface area (Å²) in [5.41, 5.74) is 8.64. The van der Waals surface area contributed by atoms with Crippen molar-refractivity contribution in [1.29, 1.82) is 5.26 Å². The molecule has 0 amide bonds. The number of rotatable bonds is 6. The Bertz CT molecular complexity index is 1410. The molecule has 0 spiro atoms. The largest absolute Gasteiger partial charge is 0.395 e. The number of nitrogens with two attached hydrogens (primary N) is 1. The molecule has 0 atom stereocenters. The molecule has 0 bridgehead atoms. The van der Waals surface area contributed by atoms with Crippen molar-refractivity contribution in [2.75, 3.05) is 12.3 Å². The summed E-state index contributed by atoms with van der Waals surface area (Å²) in [6, 6.07) is 12.8. The van der Waals surface area contributed by atoms with E-state index in [-0.39, 0.29) is 29.6 Å². The van der Waals surface area contributed by atoms with E-state index < -0.39 is 11.2 Å². The SMILES string of the molecule is Cc1c(C#N)cccc1-c1nc(N)c(F)c(-c2cn(Cc3cccc(C(C)(C)CO)n3)nn2)n1. The Kier molecular flexibility index (Phi) is 6.04. The van der Waals surface area contributed by atoms with Gasteiger partial charge in [-0.2, -0.15) is 5.26 Å². The Balaban J connectivity index is 1.68. The predicted molar refractivity (Wildman–Crippen MR) is 124 cm³/mol. The van der Waals surface area contributed by atoms with Crippen molar-refractivity contribution in [3.8, 4) is 28.8 Å². The maximum Gasteiger partial charge on any atom is 0.193 e. The second-order valence-electron chi connectivity index (χ2n) is 8.54. The lowest BCUT2D eigenvalue weighted by Gasteiger charge is -2.21. The lowest BCUT2D eigenvalue weighted by molar-refractivity contribution is 0.215. The number of nitriles is 1. The summed E-state index contributed by atoms with van der Waals surface area (Å²) in [4.78, 5) is 13.0. The van der Waals surface area contributed by atoms with Gasteiger partial charge >= 0.3 is 0 Å². The Hall–Kier alpha value is -4.23. The third-order valence-corrected chi connectivity index (χ3v) is 5.57. The summed E-state index contributed by atoms with van der Waals surface area (Å²) in [5.74, 6) is -0.926. The summed E-state index contributed by atoms with van der Waals surface area (Å²) in [6.07, 6.45) is 1.55. The van der Waals surface area contributed by atoms with Crippen LogP contribution in [-0.4, -0.2) is 41.7 Å². The summed E-state index contributed by atoms with van der Waals surface area (Å²) in [6.45, 7) is 5.83. The highest BCUT2D eigenvalue weighted by Crippen LogP contribution is 2.28. The molecule has 10 heteroatoms. The maximum atomic E-state index is 14.9. The first-order chi connectivity index (χ1) is 16.2. The van der Waals surface area contributed by atoms with Gasteiger partial charge in [0, 0.05) is 16.7 Å². The van der Waals surface area contributed by atoms with E-state index >= 15 is 0 Å². The Labute approximate surface area is 195 Å². The standard InChI is InChI=1S/C24H23FN8O/c1-14-15(10-26)6-4-8-17(14)23-29-21(20(25)22(27)30-23)18-12-33(32-31-18)11-16-7-5-9-19(28-16)24(2,3)13-34/h4-9,12,34H,11,13H2,1-3H3,(H2,27,29,30).